The Bertz CT molecular complexity index is 604. The van der Waals surface area contributed by atoms with Gasteiger partial charge in [0.05, 0.1) is 6.04 Å². The highest BCUT2D eigenvalue weighted by Crippen LogP contribution is 2.28. The van der Waals surface area contributed by atoms with Gasteiger partial charge in [-0.3, -0.25) is 9.59 Å². The molecule has 2 aliphatic rings. The Kier molecular flexibility index (Phi) is 3.38. The molecule has 22 heavy (non-hydrogen) atoms. The van der Waals surface area contributed by atoms with Crippen molar-refractivity contribution in [1.82, 2.24) is 20.4 Å². The Morgan fingerprint density at radius 1 is 1.18 bits per heavy atom. The highest BCUT2D eigenvalue weighted by atomic mass is 19.4. The lowest BCUT2D eigenvalue weighted by molar-refractivity contribution is -0.150. The number of nitrogens with one attached hydrogen (secondary N) is 1. The second-order valence-corrected chi connectivity index (χ2v) is 5.08. The molecule has 1 aromatic rings. The number of carbonyl (C=O) groups excluding carboxylic acids is 2. The lowest BCUT2D eigenvalue weighted by atomic mass is 10.1. The average Bonchev–Trinajstić information content (AvgIpc) is 2.50. The molecule has 2 amide bonds. The summed E-state index contributed by atoms with van der Waals surface area (Å²) in [6.07, 6.45) is -4.52. The molecule has 2 fully saturated rings. The highest BCUT2D eigenvalue weighted by molar-refractivity contribution is 6.35. The Hall–Kier alpha value is -2.39. The maximum atomic E-state index is 12.5. The number of aromatic nitrogens is 2. The molecule has 0 bridgehead atoms. The molecule has 0 radical (unpaired) electrons. The minimum Gasteiger partial charge on any atom is -0.351 e. The van der Waals surface area contributed by atoms with Gasteiger partial charge in [0.1, 0.15) is 0 Å². The van der Waals surface area contributed by atoms with Crippen LogP contribution in [-0.2, 0) is 15.8 Å². The normalized spacial score (nSPS) is 22.4. The van der Waals surface area contributed by atoms with Crippen LogP contribution in [-0.4, -0.2) is 59.1 Å². The fourth-order valence-electron chi connectivity index (χ4n) is 2.57. The minimum absolute atomic E-state index is 0.219. The molecule has 0 aromatic carbocycles. The lowest BCUT2D eigenvalue weighted by Gasteiger charge is -2.43. The third kappa shape index (κ3) is 2.55. The summed E-state index contributed by atoms with van der Waals surface area (Å²) in [7, 11) is 0. The van der Waals surface area contributed by atoms with Crippen LogP contribution in [0.3, 0.4) is 0 Å². The predicted octanol–water partition coefficient (Wildman–Crippen LogP) is -0.358. The van der Waals surface area contributed by atoms with E-state index in [-0.39, 0.29) is 6.04 Å². The van der Waals surface area contributed by atoms with E-state index in [2.05, 4.69) is 15.5 Å². The van der Waals surface area contributed by atoms with Crippen LogP contribution in [0.4, 0.5) is 19.0 Å². The zero-order valence-electron chi connectivity index (χ0n) is 11.3. The van der Waals surface area contributed by atoms with Crippen molar-refractivity contribution in [2.24, 2.45) is 0 Å². The number of carbonyl (C=O) groups is 2. The third-order valence-electron chi connectivity index (χ3n) is 3.70. The molecule has 0 spiro atoms. The summed E-state index contributed by atoms with van der Waals surface area (Å²) in [6, 6.07) is 1.92. The first kappa shape index (κ1) is 14.5. The Morgan fingerprint density at radius 3 is 2.59 bits per heavy atom. The summed E-state index contributed by atoms with van der Waals surface area (Å²) in [4.78, 5) is 26.2. The molecule has 0 saturated carbocycles. The van der Waals surface area contributed by atoms with Crippen molar-refractivity contribution in [3.05, 3.63) is 17.8 Å². The summed E-state index contributed by atoms with van der Waals surface area (Å²) < 4.78 is 37.4. The SMILES string of the molecule is O=C1NCC2CN(c3ccc(C(F)(F)F)nn3)CCN2C1=O. The maximum absolute atomic E-state index is 12.5. The highest BCUT2D eigenvalue weighted by Gasteiger charge is 2.38. The van der Waals surface area contributed by atoms with Crippen molar-refractivity contribution in [3.63, 3.8) is 0 Å². The van der Waals surface area contributed by atoms with Gasteiger partial charge in [0.15, 0.2) is 11.5 Å². The molecule has 1 aromatic heterocycles. The van der Waals surface area contributed by atoms with Crippen LogP contribution in [0.25, 0.3) is 0 Å². The van der Waals surface area contributed by atoms with Crippen LogP contribution in [0.5, 0.6) is 0 Å². The molecule has 3 heterocycles. The summed E-state index contributed by atoms with van der Waals surface area (Å²) in [5.41, 5.74) is -1.05. The topological polar surface area (TPSA) is 78.4 Å². The van der Waals surface area contributed by atoms with Gasteiger partial charge < -0.3 is 15.1 Å². The van der Waals surface area contributed by atoms with Gasteiger partial charge in [-0.05, 0) is 12.1 Å². The molecule has 1 atom stereocenters. The Morgan fingerprint density at radius 2 is 1.95 bits per heavy atom. The monoisotopic (exact) mass is 315 g/mol. The molecule has 2 aliphatic heterocycles. The molecule has 1 unspecified atom stereocenters. The summed E-state index contributed by atoms with van der Waals surface area (Å²) >= 11 is 0. The van der Waals surface area contributed by atoms with Crippen molar-refractivity contribution >= 4 is 17.6 Å². The van der Waals surface area contributed by atoms with Crippen LogP contribution in [0.15, 0.2) is 12.1 Å². The van der Waals surface area contributed by atoms with Crippen LogP contribution >= 0.6 is 0 Å². The van der Waals surface area contributed by atoms with E-state index < -0.39 is 23.7 Å². The van der Waals surface area contributed by atoms with E-state index >= 15 is 0 Å². The van der Waals surface area contributed by atoms with E-state index in [1.165, 1.54) is 11.0 Å². The van der Waals surface area contributed by atoms with E-state index in [1.54, 1.807) is 4.90 Å². The summed E-state index contributed by atoms with van der Waals surface area (Å²) in [5.74, 6) is -0.884. The van der Waals surface area contributed by atoms with Gasteiger partial charge in [-0.25, -0.2) is 0 Å². The number of alkyl halides is 3. The molecule has 10 heteroatoms. The van der Waals surface area contributed by atoms with Crippen molar-refractivity contribution in [1.29, 1.82) is 0 Å². The molecule has 1 N–H and O–H groups in total. The molecule has 2 saturated heterocycles. The first-order valence-electron chi connectivity index (χ1n) is 6.61. The third-order valence-corrected chi connectivity index (χ3v) is 3.70. The lowest BCUT2D eigenvalue weighted by Crippen LogP contribution is -2.65. The van der Waals surface area contributed by atoms with Crippen LogP contribution in [0.2, 0.25) is 0 Å². The van der Waals surface area contributed by atoms with E-state index in [9.17, 15) is 22.8 Å². The summed E-state index contributed by atoms with van der Waals surface area (Å²) in [6.45, 7) is 1.40. The van der Waals surface area contributed by atoms with Gasteiger partial charge >= 0.3 is 18.0 Å². The van der Waals surface area contributed by atoms with Crippen LogP contribution in [0, 0.1) is 0 Å². The van der Waals surface area contributed by atoms with E-state index in [0.29, 0.717) is 32.0 Å². The van der Waals surface area contributed by atoms with Crippen molar-refractivity contribution in [2.45, 2.75) is 12.2 Å². The predicted molar refractivity (Wildman–Crippen MR) is 67.8 cm³/mol. The molecule has 7 nitrogen and oxygen atoms in total. The number of piperazine rings is 2. The number of hydrogen-bond donors (Lipinski definition) is 1. The van der Waals surface area contributed by atoms with Gasteiger partial charge in [-0.1, -0.05) is 0 Å². The standard InChI is InChI=1S/C12H12F3N5O2/c13-12(14,15)8-1-2-9(18-17-8)19-3-4-20-7(6-19)5-16-10(21)11(20)22/h1-2,7H,3-6H2,(H,16,21). The fraction of sp³-hybridized carbons (Fsp3) is 0.500. The van der Waals surface area contributed by atoms with E-state index in [1.807, 2.05) is 0 Å². The zero-order valence-corrected chi connectivity index (χ0v) is 11.3. The number of anilines is 1. The zero-order chi connectivity index (χ0) is 15.9. The molecule has 118 valence electrons. The first-order valence-corrected chi connectivity index (χ1v) is 6.61. The summed E-state index contributed by atoms with van der Waals surface area (Å²) in [5, 5.41) is 9.29. The number of hydrogen-bond acceptors (Lipinski definition) is 5. The Labute approximate surface area is 123 Å². The van der Waals surface area contributed by atoms with Crippen LogP contribution < -0.4 is 10.2 Å². The quantitative estimate of drug-likeness (QED) is 0.716. The minimum atomic E-state index is -4.52. The largest absolute Gasteiger partial charge is 0.435 e. The first-order chi connectivity index (χ1) is 10.4. The molecule has 0 aliphatic carbocycles. The number of halogens is 3. The fourth-order valence-corrected chi connectivity index (χ4v) is 2.57. The Balaban J connectivity index is 1.72. The molecular weight excluding hydrogens is 303 g/mol. The average molecular weight is 315 g/mol. The molecular formula is C12H12F3N5O2. The smallest absolute Gasteiger partial charge is 0.351 e. The van der Waals surface area contributed by atoms with Gasteiger partial charge in [0.25, 0.3) is 0 Å². The van der Waals surface area contributed by atoms with Gasteiger partial charge in [0.2, 0.25) is 0 Å². The number of nitrogens with zero attached hydrogens (tertiary/aromatic N) is 4. The molecule has 3 rings (SSSR count). The number of fused-ring (bicyclic) bond motifs is 1. The number of rotatable bonds is 1. The van der Waals surface area contributed by atoms with Gasteiger partial charge in [-0.15, -0.1) is 10.2 Å². The van der Waals surface area contributed by atoms with Gasteiger partial charge in [-0.2, -0.15) is 13.2 Å². The van der Waals surface area contributed by atoms with E-state index in [0.717, 1.165) is 6.07 Å². The van der Waals surface area contributed by atoms with Crippen molar-refractivity contribution < 1.29 is 22.8 Å². The van der Waals surface area contributed by atoms with E-state index in [4.69, 9.17) is 0 Å². The second kappa shape index (κ2) is 5.11. The van der Waals surface area contributed by atoms with Crippen LogP contribution in [0.1, 0.15) is 5.69 Å². The maximum Gasteiger partial charge on any atom is 0.435 e. The van der Waals surface area contributed by atoms with Crippen molar-refractivity contribution in [2.75, 3.05) is 31.1 Å². The van der Waals surface area contributed by atoms with Gasteiger partial charge in [0, 0.05) is 26.2 Å². The second-order valence-electron chi connectivity index (χ2n) is 5.08. The van der Waals surface area contributed by atoms with Crippen molar-refractivity contribution in [3.8, 4) is 0 Å². The number of amides is 2.